The van der Waals surface area contributed by atoms with Crippen LogP contribution in [0.5, 0.6) is 0 Å². The fraction of sp³-hybridized carbons (Fsp3) is 0.667. The molecule has 1 N–H and O–H groups in total. The van der Waals surface area contributed by atoms with E-state index in [0.717, 1.165) is 31.0 Å². The number of aliphatic hydroxyl groups is 1. The lowest BCUT2D eigenvalue weighted by Crippen LogP contribution is -2.29. The number of hydrogen-bond donors (Lipinski definition) is 1. The van der Waals surface area contributed by atoms with Gasteiger partial charge >= 0.3 is 0 Å². The molecule has 1 aromatic rings. The summed E-state index contributed by atoms with van der Waals surface area (Å²) in [5, 5.41) is 10.4. The van der Waals surface area contributed by atoms with E-state index in [1.54, 1.807) is 0 Å². The molecule has 1 aliphatic heterocycles. The molecule has 1 aliphatic rings. The number of benzene rings is 1. The van der Waals surface area contributed by atoms with Crippen LogP contribution >= 0.6 is 0 Å². The maximum absolute atomic E-state index is 10.4. The molecule has 2 rings (SSSR count). The first-order chi connectivity index (χ1) is 9.94. The molecule has 1 saturated heterocycles. The van der Waals surface area contributed by atoms with Gasteiger partial charge in [-0.3, -0.25) is 0 Å². The minimum Gasteiger partial charge on any atom is -0.388 e. The second-order valence-electron chi connectivity index (χ2n) is 6.90. The number of likely N-dealkylation sites (tertiary alicyclic amines) is 1. The van der Waals surface area contributed by atoms with Crippen LogP contribution in [0.4, 0.5) is 0 Å². The third-order valence-electron chi connectivity index (χ3n) is 4.47. The molecule has 0 amide bonds. The Morgan fingerprint density at radius 1 is 1.29 bits per heavy atom. The molecule has 1 fully saturated rings. The highest BCUT2D eigenvalue weighted by molar-refractivity contribution is 5.29. The monoisotopic (exact) mass is 290 g/mol. The van der Waals surface area contributed by atoms with Crippen LogP contribution in [-0.2, 0) is 0 Å². The molecule has 0 spiro atoms. The molecule has 3 nitrogen and oxygen atoms in total. The molecule has 0 bridgehead atoms. The fourth-order valence-corrected chi connectivity index (χ4v) is 3.42. The second-order valence-corrected chi connectivity index (χ2v) is 6.90. The van der Waals surface area contributed by atoms with Gasteiger partial charge in [0.1, 0.15) is 0 Å². The molecule has 0 aromatic heterocycles. The summed E-state index contributed by atoms with van der Waals surface area (Å²) in [4.78, 5) is 4.78. The Balaban J connectivity index is 1.78. The highest BCUT2D eigenvalue weighted by atomic mass is 16.3. The average molecular weight is 290 g/mol. The van der Waals surface area contributed by atoms with E-state index in [1.807, 2.05) is 0 Å². The predicted molar refractivity (Wildman–Crippen MR) is 88.6 cm³/mol. The SMILES string of the molecule is Cc1cc(C)cc(C(O)CCN(C)CC2CCN(C)C2)c1. The third-order valence-corrected chi connectivity index (χ3v) is 4.47. The lowest BCUT2D eigenvalue weighted by atomic mass is 10.0. The van der Waals surface area contributed by atoms with Gasteiger partial charge in [0.15, 0.2) is 0 Å². The van der Waals surface area contributed by atoms with Crippen molar-refractivity contribution >= 4 is 0 Å². The molecule has 2 atom stereocenters. The Hall–Kier alpha value is -0.900. The van der Waals surface area contributed by atoms with Crippen molar-refractivity contribution in [1.82, 2.24) is 9.80 Å². The minimum absolute atomic E-state index is 0.350. The zero-order chi connectivity index (χ0) is 15.4. The summed E-state index contributed by atoms with van der Waals surface area (Å²) in [6, 6.07) is 6.35. The van der Waals surface area contributed by atoms with Crippen LogP contribution in [0.3, 0.4) is 0 Å². The summed E-state index contributed by atoms with van der Waals surface area (Å²) in [5.41, 5.74) is 3.51. The van der Waals surface area contributed by atoms with E-state index < -0.39 is 0 Å². The number of aryl methyl sites for hydroxylation is 2. The normalized spacial score (nSPS) is 21.1. The van der Waals surface area contributed by atoms with Crippen molar-refractivity contribution in [1.29, 1.82) is 0 Å². The predicted octanol–water partition coefficient (Wildman–Crippen LogP) is 2.61. The van der Waals surface area contributed by atoms with E-state index in [1.165, 1.54) is 30.6 Å². The molecular weight excluding hydrogens is 260 g/mol. The van der Waals surface area contributed by atoms with Crippen molar-refractivity contribution in [2.75, 3.05) is 40.3 Å². The van der Waals surface area contributed by atoms with Crippen molar-refractivity contribution in [3.8, 4) is 0 Å². The van der Waals surface area contributed by atoms with Crippen molar-refractivity contribution in [2.24, 2.45) is 5.92 Å². The zero-order valence-electron chi connectivity index (χ0n) is 14.0. The molecule has 2 unspecified atom stereocenters. The lowest BCUT2D eigenvalue weighted by Gasteiger charge is -2.22. The molecule has 21 heavy (non-hydrogen) atoms. The van der Waals surface area contributed by atoms with E-state index in [-0.39, 0.29) is 6.10 Å². The summed E-state index contributed by atoms with van der Waals surface area (Å²) in [5.74, 6) is 0.790. The first-order valence-electron chi connectivity index (χ1n) is 8.07. The third kappa shape index (κ3) is 5.10. The van der Waals surface area contributed by atoms with Gasteiger partial charge in [-0.05, 0) is 58.8 Å². The maximum Gasteiger partial charge on any atom is 0.0802 e. The fourth-order valence-electron chi connectivity index (χ4n) is 3.42. The first-order valence-corrected chi connectivity index (χ1v) is 8.07. The van der Waals surface area contributed by atoms with E-state index in [0.29, 0.717) is 0 Å². The quantitative estimate of drug-likeness (QED) is 0.872. The summed E-state index contributed by atoms with van der Waals surface area (Å²) in [6.45, 7) is 8.71. The molecule has 0 radical (unpaired) electrons. The van der Waals surface area contributed by atoms with Crippen LogP contribution in [0.15, 0.2) is 18.2 Å². The van der Waals surface area contributed by atoms with Crippen molar-refractivity contribution in [2.45, 2.75) is 32.8 Å². The van der Waals surface area contributed by atoms with Gasteiger partial charge in [0.2, 0.25) is 0 Å². The van der Waals surface area contributed by atoms with E-state index in [9.17, 15) is 5.11 Å². The summed E-state index contributed by atoms with van der Waals surface area (Å²) < 4.78 is 0. The van der Waals surface area contributed by atoms with Gasteiger partial charge in [0.05, 0.1) is 6.10 Å². The van der Waals surface area contributed by atoms with Crippen LogP contribution in [0.2, 0.25) is 0 Å². The van der Waals surface area contributed by atoms with E-state index in [2.05, 4.69) is 55.9 Å². The lowest BCUT2D eigenvalue weighted by molar-refractivity contribution is 0.144. The standard InChI is InChI=1S/C18H30N2O/c1-14-9-15(2)11-17(10-14)18(21)6-8-20(4)13-16-5-7-19(3)12-16/h9-11,16,18,21H,5-8,12-13H2,1-4H3. The summed E-state index contributed by atoms with van der Waals surface area (Å²) in [7, 11) is 4.37. The second kappa shape index (κ2) is 7.39. The topological polar surface area (TPSA) is 26.7 Å². The molecule has 0 aliphatic carbocycles. The Bertz CT molecular complexity index is 440. The zero-order valence-corrected chi connectivity index (χ0v) is 14.0. The van der Waals surface area contributed by atoms with Crippen LogP contribution in [0.1, 0.15) is 35.6 Å². The maximum atomic E-state index is 10.4. The smallest absolute Gasteiger partial charge is 0.0802 e. The Labute approximate surface area is 129 Å². The van der Waals surface area contributed by atoms with Crippen LogP contribution < -0.4 is 0 Å². The molecule has 0 saturated carbocycles. The average Bonchev–Trinajstić information content (AvgIpc) is 2.80. The van der Waals surface area contributed by atoms with Crippen LogP contribution in [0, 0.1) is 19.8 Å². The van der Waals surface area contributed by atoms with Gasteiger partial charge in [0.25, 0.3) is 0 Å². The molecule has 3 heteroatoms. The van der Waals surface area contributed by atoms with Crippen molar-refractivity contribution in [3.05, 3.63) is 34.9 Å². The van der Waals surface area contributed by atoms with Crippen molar-refractivity contribution in [3.63, 3.8) is 0 Å². The van der Waals surface area contributed by atoms with Gasteiger partial charge in [0, 0.05) is 19.6 Å². The molecular formula is C18H30N2O. The molecule has 1 aromatic carbocycles. The van der Waals surface area contributed by atoms with Gasteiger partial charge in [-0.25, -0.2) is 0 Å². The minimum atomic E-state index is -0.350. The Morgan fingerprint density at radius 3 is 2.52 bits per heavy atom. The summed E-state index contributed by atoms with van der Waals surface area (Å²) in [6.07, 6.45) is 1.76. The number of rotatable bonds is 6. The van der Waals surface area contributed by atoms with Crippen LogP contribution in [-0.4, -0.2) is 55.2 Å². The number of nitrogens with zero attached hydrogens (tertiary/aromatic N) is 2. The van der Waals surface area contributed by atoms with E-state index in [4.69, 9.17) is 0 Å². The van der Waals surface area contributed by atoms with Gasteiger partial charge in [-0.15, -0.1) is 0 Å². The molecule has 1 heterocycles. The first kappa shape index (κ1) is 16.5. The van der Waals surface area contributed by atoms with Crippen molar-refractivity contribution < 1.29 is 5.11 Å². The highest BCUT2D eigenvalue weighted by Crippen LogP contribution is 2.21. The van der Waals surface area contributed by atoms with Gasteiger partial charge in [-0.1, -0.05) is 29.3 Å². The Morgan fingerprint density at radius 2 is 1.95 bits per heavy atom. The highest BCUT2D eigenvalue weighted by Gasteiger charge is 2.21. The summed E-state index contributed by atoms with van der Waals surface area (Å²) >= 11 is 0. The Kier molecular flexibility index (Phi) is 5.80. The van der Waals surface area contributed by atoms with Gasteiger partial charge in [-0.2, -0.15) is 0 Å². The van der Waals surface area contributed by atoms with Crippen LogP contribution in [0.25, 0.3) is 0 Å². The number of aliphatic hydroxyl groups excluding tert-OH is 1. The number of hydrogen-bond acceptors (Lipinski definition) is 3. The van der Waals surface area contributed by atoms with Gasteiger partial charge < -0.3 is 14.9 Å². The largest absolute Gasteiger partial charge is 0.388 e. The van der Waals surface area contributed by atoms with E-state index >= 15 is 0 Å². The molecule has 118 valence electrons.